The molecule has 0 unspecified atom stereocenters. The standard InChI is InChI=1S/C19H33O4P/c1-4-6-8-10-16-21-24(20,22-17-11-9-7-5-2)23-19-14-12-18(3)13-15-19/h12-15H,4-11,16-17H2,1-3H3. The summed E-state index contributed by atoms with van der Waals surface area (Å²) in [5, 5.41) is 0. The molecular weight excluding hydrogens is 323 g/mol. The Bertz CT molecular complexity index is 455. The van der Waals surface area contributed by atoms with Crippen LogP contribution in [-0.2, 0) is 13.6 Å². The van der Waals surface area contributed by atoms with Crippen LogP contribution in [0.3, 0.4) is 0 Å². The molecule has 0 bridgehead atoms. The van der Waals surface area contributed by atoms with Crippen LogP contribution in [0.15, 0.2) is 24.3 Å². The van der Waals surface area contributed by atoms with E-state index in [0.717, 1.165) is 56.9 Å². The number of unbranched alkanes of at least 4 members (excludes halogenated alkanes) is 6. The lowest BCUT2D eigenvalue weighted by atomic mass is 10.2. The highest BCUT2D eigenvalue weighted by atomic mass is 31.2. The Morgan fingerprint density at radius 1 is 0.792 bits per heavy atom. The van der Waals surface area contributed by atoms with Crippen LogP contribution in [0.25, 0.3) is 0 Å². The van der Waals surface area contributed by atoms with Gasteiger partial charge in [-0.25, -0.2) is 4.57 Å². The molecule has 0 fully saturated rings. The van der Waals surface area contributed by atoms with E-state index in [2.05, 4.69) is 13.8 Å². The van der Waals surface area contributed by atoms with Gasteiger partial charge >= 0.3 is 7.82 Å². The normalized spacial score (nSPS) is 11.6. The van der Waals surface area contributed by atoms with Gasteiger partial charge in [-0.1, -0.05) is 70.1 Å². The summed E-state index contributed by atoms with van der Waals surface area (Å²) >= 11 is 0. The maximum absolute atomic E-state index is 12.9. The van der Waals surface area contributed by atoms with Gasteiger partial charge in [-0.15, -0.1) is 0 Å². The molecule has 0 heterocycles. The lowest BCUT2D eigenvalue weighted by molar-refractivity contribution is 0.151. The number of phosphoric acid groups is 1. The van der Waals surface area contributed by atoms with Gasteiger partial charge in [-0.2, -0.15) is 0 Å². The first-order valence-electron chi connectivity index (χ1n) is 9.25. The quantitative estimate of drug-likeness (QED) is 0.276. The van der Waals surface area contributed by atoms with Crippen molar-refractivity contribution < 1.29 is 18.1 Å². The largest absolute Gasteiger partial charge is 0.530 e. The van der Waals surface area contributed by atoms with Crippen LogP contribution in [0.1, 0.15) is 70.8 Å². The average Bonchev–Trinajstić information content (AvgIpc) is 2.57. The molecule has 4 nitrogen and oxygen atoms in total. The van der Waals surface area contributed by atoms with E-state index in [0.29, 0.717) is 19.0 Å². The minimum absolute atomic E-state index is 0.401. The van der Waals surface area contributed by atoms with E-state index in [9.17, 15) is 4.57 Å². The zero-order valence-corrected chi connectivity index (χ0v) is 16.4. The van der Waals surface area contributed by atoms with E-state index >= 15 is 0 Å². The van der Waals surface area contributed by atoms with Gasteiger partial charge in [0.05, 0.1) is 13.2 Å². The zero-order chi connectivity index (χ0) is 17.7. The molecule has 0 aromatic heterocycles. The molecule has 0 aliphatic carbocycles. The second kappa shape index (κ2) is 12.5. The molecule has 0 atom stereocenters. The number of rotatable bonds is 14. The molecule has 5 heteroatoms. The van der Waals surface area contributed by atoms with Crippen LogP contribution in [-0.4, -0.2) is 13.2 Å². The van der Waals surface area contributed by atoms with Crippen molar-refractivity contribution in [3.8, 4) is 5.75 Å². The molecule has 0 saturated heterocycles. The smallest absolute Gasteiger partial charge is 0.404 e. The molecule has 1 aromatic rings. The topological polar surface area (TPSA) is 44.8 Å². The zero-order valence-electron chi connectivity index (χ0n) is 15.5. The summed E-state index contributed by atoms with van der Waals surface area (Å²) < 4.78 is 29.5. The first kappa shape index (κ1) is 21.2. The van der Waals surface area contributed by atoms with Crippen LogP contribution in [0.4, 0.5) is 0 Å². The first-order valence-corrected chi connectivity index (χ1v) is 10.7. The van der Waals surface area contributed by atoms with Gasteiger partial charge in [0.25, 0.3) is 0 Å². The SMILES string of the molecule is CCCCCCOP(=O)(OCCCCCC)Oc1ccc(C)cc1. The van der Waals surface area contributed by atoms with Crippen molar-refractivity contribution in [2.75, 3.05) is 13.2 Å². The Morgan fingerprint density at radius 2 is 1.29 bits per heavy atom. The highest BCUT2D eigenvalue weighted by Gasteiger charge is 2.28. The van der Waals surface area contributed by atoms with Crippen molar-refractivity contribution >= 4 is 7.82 Å². The minimum atomic E-state index is -3.55. The fourth-order valence-corrected chi connectivity index (χ4v) is 3.49. The van der Waals surface area contributed by atoms with E-state index < -0.39 is 7.82 Å². The number of hydrogen-bond acceptors (Lipinski definition) is 4. The van der Waals surface area contributed by atoms with Crippen LogP contribution in [0.2, 0.25) is 0 Å². The Morgan fingerprint density at radius 3 is 1.75 bits per heavy atom. The monoisotopic (exact) mass is 356 g/mol. The molecule has 138 valence electrons. The number of aryl methyl sites for hydroxylation is 1. The molecule has 1 aromatic carbocycles. The summed E-state index contributed by atoms with van der Waals surface area (Å²) in [4.78, 5) is 0. The van der Waals surface area contributed by atoms with Crippen molar-refractivity contribution in [3.05, 3.63) is 29.8 Å². The molecule has 0 aliphatic heterocycles. The predicted octanol–water partition coefficient (Wildman–Crippen LogP) is 6.68. The van der Waals surface area contributed by atoms with Gasteiger partial charge in [-0.05, 0) is 31.9 Å². The van der Waals surface area contributed by atoms with Crippen molar-refractivity contribution in [2.24, 2.45) is 0 Å². The van der Waals surface area contributed by atoms with Crippen molar-refractivity contribution in [1.29, 1.82) is 0 Å². The Kier molecular flexibility index (Phi) is 11.1. The molecular formula is C19H33O4P. The van der Waals surface area contributed by atoms with Crippen LogP contribution in [0, 0.1) is 6.92 Å². The van der Waals surface area contributed by atoms with Crippen LogP contribution >= 0.6 is 7.82 Å². The number of benzene rings is 1. The Balaban J connectivity index is 2.52. The third-order valence-electron chi connectivity index (χ3n) is 3.73. The second-order valence-corrected chi connectivity index (χ2v) is 7.73. The third-order valence-corrected chi connectivity index (χ3v) is 5.16. The summed E-state index contributed by atoms with van der Waals surface area (Å²) in [6.07, 6.45) is 8.50. The molecule has 0 radical (unpaired) electrons. The van der Waals surface area contributed by atoms with Gasteiger partial charge in [0.2, 0.25) is 0 Å². The second-order valence-electron chi connectivity index (χ2n) is 6.14. The highest BCUT2D eigenvalue weighted by molar-refractivity contribution is 7.48. The summed E-state index contributed by atoms with van der Waals surface area (Å²) in [6, 6.07) is 7.43. The molecule has 0 aliphatic rings. The van der Waals surface area contributed by atoms with E-state index in [1.165, 1.54) is 0 Å². The van der Waals surface area contributed by atoms with Gasteiger partial charge in [0.1, 0.15) is 5.75 Å². The van der Waals surface area contributed by atoms with Gasteiger partial charge in [-0.3, -0.25) is 9.05 Å². The Labute approximate surface area is 147 Å². The highest BCUT2D eigenvalue weighted by Crippen LogP contribution is 2.49. The maximum atomic E-state index is 12.9. The fourth-order valence-electron chi connectivity index (χ4n) is 2.23. The summed E-state index contributed by atoms with van der Waals surface area (Å²) in [6.45, 7) is 7.12. The molecule has 0 amide bonds. The van der Waals surface area contributed by atoms with Gasteiger partial charge in [0.15, 0.2) is 0 Å². The maximum Gasteiger partial charge on any atom is 0.530 e. The third kappa shape index (κ3) is 9.46. The van der Waals surface area contributed by atoms with Gasteiger partial charge < -0.3 is 4.52 Å². The Hall–Kier alpha value is -0.830. The van der Waals surface area contributed by atoms with Gasteiger partial charge in [0, 0.05) is 0 Å². The van der Waals surface area contributed by atoms with E-state index in [4.69, 9.17) is 13.6 Å². The fraction of sp³-hybridized carbons (Fsp3) is 0.684. The summed E-state index contributed by atoms with van der Waals surface area (Å²) in [5.74, 6) is 0.519. The van der Waals surface area contributed by atoms with E-state index in [-0.39, 0.29) is 0 Å². The first-order chi connectivity index (χ1) is 11.6. The molecule has 0 saturated carbocycles. The van der Waals surface area contributed by atoms with Crippen molar-refractivity contribution in [2.45, 2.75) is 72.1 Å². The van der Waals surface area contributed by atoms with Crippen LogP contribution < -0.4 is 4.52 Å². The average molecular weight is 356 g/mol. The lowest BCUT2D eigenvalue weighted by Gasteiger charge is -2.18. The summed E-state index contributed by atoms with van der Waals surface area (Å²) in [7, 11) is -3.55. The number of phosphoric ester groups is 1. The molecule has 24 heavy (non-hydrogen) atoms. The van der Waals surface area contributed by atoms with Crippen molar-refractivity contribution in [1.82, 2.24) is 0 Å². The van der Waals surface area contributed by atoms with E-state index in [1.54, 1.807) is 12.1 Å². The molecule has 0 N–H and O–H groups in total. The predicted molar refractivity (Wildman–Crippen MR) is 99.6 cm³/mol. The minimum Gasteiger partial charge on any atom is -0.404 e. The molecule has 0 spiro atoms. The molecule has 1 rings (SSSR count). The van der Waals surface area contributed by atoms with E-state index in [1.807, 2.05) is 19.1 Å². The van der Waals surface area contributed by atoms with Crippen molar-refractivity contribution in [3.63, 3.8) is 0 Å². The van der Waals surface area contributed by atoms with Crippen LogP contribution in [0.5, 0.6) is 5.75 Å². The lowest BCUT2D eigenvalue weighted by Crippen LogP contribution is -2.05. The number of hydrogen-bond donors (Lipinski definition) is 0. The summed E-state index contributed by atoms with van der Waals surface area (Å²) in [5.41, 5.74) is 1.12.